The third kappa shape index (κ3) is 4.30. The average Bonchev–Trinajstić information content (AvgIpc) is 2.94. The zero-order valence-corrected chi connectivity index (χ0v) is 16.0. The minimum absolute atomic E-state index is 0.0685. The lowest BCUT2D eigenvalue weighted by atomic mass is 9.97. The lowest BCUT2D eigenvalue weighted by Crippen LogP contribution is -2.33. The predicted octanol–water partition coefficient (Wildman–Crippen LogP) is 3.17. The van der Waals surface area contributed by atoms with Crippen LogP contribution in [0, 0.1) is 12.8 Å². The summed E-state index contributed by atoms with van der Waals surface area (Å²) in [5.74, 6) is 0.892. The summed E-state index contributed by atoms with van der Waals surface area (Å²) < 4.78 is 10.5. The van der Waals surface area contributed by atoms with Crippen molar-refractivity contribution in [1.82, 2.24) is 4.90 Å². The van der Waals surface area contributed by atoms with Crippen LogP contribution >= 0.6 is 0 Å². The molecule has 1 fully saturated rings. The van der Waals surface area contributed by atoms with Gasteiger partial charge in [0.25, 0.3) is 0 Å². The van der Waals surface area contributed by atoms with Crippen LogP contribution in [0.3, 0.4) is 0 Å². The zero-order chi connectivity index (χ0) is 19.4. The number of rotatable bonds is 7. The van der Waals surface area contributed by atoms with Crippen molar-refractivity contribution in [2.75, 3.05) is 20.8 Å². The minimum atomic E-state index is -0.259. The highest BCUT2D eigenvalue weighted by molar-refractivity contribution is 6.03. The number of carbonyl (C=O) groups excluding carboxylic acids is 2. The third-order valence-corrected chi connectivity index (χ3v) is 5.01. The second kappa shape index (κ2) is 8.25. The van der Waals surface area contributed by atoms with Crippen LogP contribution in [0.4, 0.5) is 0 Å². The van der Waals surface area contributed by atoms with Crippen LogP contribution in [0.25, 0.3) is 0 Å². The van der Waals surface area contributed by atoms with E-state index in [0.717, 1.165) is 11.1 Å². The van der Waals surface area contributed by atoms with Gasteiger partial charge in [-0.3, -0.25) is 14.5 Å². The van der Waals surface area contributed by atoms with E-state index in [-0.39, 0.29) is 17.7 Å². The number of carbonyl (C=O) groups is 2. The van der Waals surface area contributed by atoms with E-state index in [9.17, 15) is 9.59 Å². The Balaban J connectivity index is 1.63. The van der Waals surface area contributed by atoms with Crippen molar-refractivity contribution in [3.8, 4) is 11.5 Å². The second-order valence-corrected chi connectivity index (χ2v) is 6.91. The van der Waals surface area contributed by atoms with Gasteiger partial charge in [-0.1, -0.05) is 35.9 Å². The summed E-state index contributed by atoms with van der Waals surface area (Å²) in [7, 11) is 3.18. The number of likely N-dealkylation sites (tertiary alicyclic amines) is 1. The molecule has 1 heterocycles. The number of hydrogen-bond acceptors (Lipinski definition) is 4. The van der Waals surface area contributed by atoms with E-state index in [4.69, 9.17) is 9.47 Å². The molecular weight excluding hydrogens is 342 g/mol. The molecule has 142 valence electrons. The number of ether oxygens (including phenoxy) is 2. The van der Waals surface area contributed by atoms with Crippen molar-refractivity contribution in [1.29, 1.82) is 0 Å². The molecule has 0 spiro atoms. The first-order chi connectivity index (χ1) is 13.0. The van der Waals surface area contributed by atoms with Crippen molar-refractivity contribution >= 4 is 11.8 Å². The summed E-state index contributed by atoms with van der Waals surface area (Å²) in [4.78, 5) is 26.4. The molecule has 27 heavy (non-hydrogen) atoms. The van der Waals surface area contributed by atoms with Gasteiger partial charge in [0.15, 0.2) is 11.5 Å². The monoisotopic (exact) mass is 367 g/mol. The summed E-state index contributed by atoms with van der Waals surface area (Å²) in [5, 5.41) is 0. The van der Waals surface area contributed by atoms with Gasteiger partial charge in [-0.15, -0.1) is 0 Å². The molecule has 2 aromatic rings. The fourth-order valence-corrected chi connectivity index (χ4v) is 3.43. The van der Waals surface area contributed by atoms with Gasteiger partial charge in [-0.25, -0.2) is 0 Å². The molecule has 5 nitrogen and oxygen atoms in total. The number of imide groups is 1. The number of amides is 2. The van der Waals surface area contributed by atoms with Crippen LogP contribution in [-0.2, 0) is 22.4 Å². The Bertz CT molecular complexity index is 829. The van der Waals surface area contributed by atoms with Gasteiger partial charge in [0, 0.05) is 13.0 Å². The number of nitrogens with zero attached hydrogens (tertiary/aromatic N) is 1. The predicted molar refractivity (Wildman–Crippen MR) is 103 cm³/mol. The minimum Gasteiger partial charge on any atom is -0.493 e. The SMILES string of the molecule is COc1ccc(CCN2C(=O)C[C@H](Cc3ccc(C)cc3)C2=O)cc1OC. The molecule has 1 aliphatic heterocycles. The third-order valence-electron chi connectivity index (χ3n) is 5.01. The van der Waals surface area contributed by atoms with Crippen LogP contribution in [-0.4, -0.2) is 37.5 Å². The smallest absolute Gasteiger partial charge is 0.233 e. The van der Waals surface area contributed by atoms with Gasteiger partial charge in [0.1, 0.15) is 0 Å². The first-order valence-corrected chi connectivity index (χ1v) is 9.12. The van der Waals surface area contributed by atoms with Crippen LogP contribution in [0.2, 0.25) is 0 Å². The fraction of sp³-hybridized carbons (Fsp3) is 0.364. The van der Waals surface area contributed by atoms with Gasteiger partial charge in [-0.2, -0.15) is 0 Å². The summed E-state index contributed by atoms with van der Waals surface area (Å²) in [5.41, 5.74) is 3.27. The molecule has 0 saturated carbocycles. The number of benzene rings is 2. The van der Waals surface area contributed by atoms with Gasteiger partial charge in [-0.05, 0) is 43.0 Å². The molecule has 5 heteroatoms. The Morgan fingerprint density at radius 3 is 2.30 bits per heavy atom. The molecule has 3 rings (SSSR count). The van der Waals surface area contributed by atoms with Crippen molar-refractivity contribution in [2.24, 2.45) is 5.92 Å². The highest BCUT2D eigenvalue weighted by Crippen LogP contribution is 2.28. The van der Waals surface area contributed by atoms with E-state index in [1.165, 1.54) is 10.5 Å². The largest absolute Gasteiger partial charge is 0.493 e. The van der Waals surface area contributed by atoms with Crippen molar-refractivity contribution in [2.45, 2.75) is 26.2 Å². The number of methoxy groups -OCH3 is 2. The topological polar surface area (TPSA) is 55.8 Å². The standard InChI is InChI=1S/C22H25NO4/c1-15-4-6-16(7-5-15)12-18-14-21(24)23(22(18)25)11-10-17-8-9-19(26-2)20(13-17)27-3/h4-9,13,18H,10-12,14H2,1-3H3/t18-/m0/s1. The molecule has 1 atom stereocenters. The van der Waals surface area contributed by atoms with Crippen LogP contribution in [0.5, 0.6) is 11.5 Å². The lowest BCUT2D eigenvalue weighted by Gasteiger charge is -2.16. The van der Waals surface area contributed by atoms with Crippen molar-refractivity contribution in [3.05, 3.63) is 59.2 Å². The second-order valence-electron chi connectivity index (χ2n) is 6.91. The molecule has 0 bridgehead atoms. The number of hydrogen-bond donors (Lipinski definition) is 0. The van der Waals surface area contributed by atoms with E-state index < -0.39 is 0 Å². The highest BCUT2D eigenvalue weighted by Gasteiger charge is 2.37. The fourth-order valence-electron chi connectivity index (χ4n) is 3.43. The molecule has 0 aliphatic carbocycles. The van der Waals surface area contributed by atoms with Crippen molar-refractivity contribution < 1.29 is 19.1 Å². The van der Waals surface area contributed by atoms with E-state index in [1.54, 1.807) is 14.2 Å². The van der Waals surface area contributed by atoms with Gasteiger partial charge < -0.3 is 9.47 Å². The van der Waals surface area contributed by atoms with E-state index >= 15 is 0 Å². The highest BCUT2D eigenvalue weighted by atomic mass is 16.5. The summed E-state index contributed by atoms with van der Waals surface area (Å²) >= 11 is 0. The number of aryl methyl sites for hydroxylation is 1. The Morgan fingerprint density at radius 2 is 1.63 bits per heavy atom. The quantitative estimate of drug-likeness (QED) is 0.706. The Labute approximate surface area is 159 Å². The lowest BCUT2D eigenvalue weighted by molar-refractivity contribution is -0.139. The molecule has 2 amide bonds. The summed E-state index contributed by atoms with van der Waals surface area (Å²) in [6.07, 6.45) is 1.49. The van der Waals surface area contributed by atoms with Crippen molar-refractivity contribution in [3.63, 3.8) is 0 Å². The van der Waals surface area contributed by atoms with Gasteiger partial charge >= 0.3 is 0 Å². The molecule has 1 saturated heterocycles. The molecule has 0 N–H and O–H groups in total. The molecular formula is C22H25NO4. The molecule has 0 radical (unpaired) electrons. The summed E-state index contributed by atoms with van der Waals surface area (Å²) in [6, 6.07) is 13.8. The molecule has 1 aliphatic rings. The normalized spacial score (nSPS) is 16.7. The molecule has 0 aromatic heterocycles. The average molecular weight is 367 g/mol. The summed E-state index contributed by atoms with van der Waals surface area (Å²) in [6.45, 7) is 2.42. The van der Waals surface area contributed by atoms with Gasteiger partial charge in [0.05, 0.1) is 20.1 Å². The maximum absolute atomic E-state index is 12.7. The van der Waals surface area contributed by atoms with Crippen LogP contribution in [0.1, 0.15) is 23.1 Å². The maximum Gasteiger partial charge on any atom is 0.233 e. The first-order valence-electron chi connectivity index (χ1n) is 9.12. The molecule has 0 unspecified atom stereocenters. The Hall–Kier alpha value is -2.82. The van der Waals surface area contributed by atoms with Gasteiger partial charge in [0.2, 0.25) is 11.8 Å². The molecule has 2 aromatic carbocycles. The van der Waals surface area contributed by atoms with E-state index in [2.05, 4.69) is 0 Å². The maximum atomic E-state index is 12.7. The van der Waals surface area contributed by atoms with Crippen LogP contribution < -0.4 is 9.47 Å². The first kappa shape index (κ1) is 19.0. The van der Waals surface area contributed by atoms with Crippen LogP contribution in [0.15, 0.2) is 42.5 Å². The van der Waals surface area contributed by atoms with E-state index in [0.29, 0.717) is 37.3 Å². The Morgan fingerprint density at radius 1 is 0.963 bits per heavy atom. The zero-order valence-electron chi connectivity index (χ0n) is 16.0. The van der Waals surface area contributed by atoms with E-state index in [1.807, 2.05) is 49.4 Å². The Kier molecular flexibility index (Phi) is 5.79.